The quantitative estimate of drug-likeness (QED) is 0.614. The van der Waals surface area contributed by atoms with Crippen LogP contribution in [0.5, 0.6) is 0 Å². The molecule has 0 saturated carbocycles. The number of alkyl halides is 3. The fourth-order valence-corrected chi connectivity index (χ4v) is 3.03. The maximum atomic E-state index is 12.9. The molecule has 0 radical (unpaired) electrons. The Hall–Kier alpha value is -1.04. The van der Waals surface area contributed by atoms with Gasteiger partial charge in [-0.25, -0.2) is 0 Å². The minimum Gasteiger partial charge on any atom is -0.382 e. The van der Waals surface area contributed by atoms with Crippen LogP contribution in [-0.4, -0.2) is 37.7 Å². The molecule has 0 aliphatic carbocycles. The van der Waals surface area contributed by atoms with E-state index < -0.39 is 11.7 Å². The third kappa shape index (κ3) is 5.50. The van der Waals surface area contributed by atoms with Crippen LogP contribution in [0.4, 0.5) is 13.2 Å². The van der Waals surface area contributed by atoms with E-state index in [1.165, 1.54) is 6.07 Å². The van der Waals surface area contributed by atoms with E-state index in [1.807, 2.05) is 13.0 Å². The average Bonchev–Trinajstić information content (AvgIpc) is 2.55. The van der Waals surface area contributed by atoms with Crippen molar-refractivity contribution in [3.63, 3.8) is 0 Å². The molecule has 2 nitrogen and oxygen atoms in total. The number of hydrogen-bond donors (Lipinski definition) is 0. The minimum absolute atomic E-state index is 0.374. The molecule has 6 heteroatoms. The van der Waals surface area contributed by atoms with E-state index in [0.717, 1.165) is 63.4 Å². The molecule has 0 bridgehead atoms. The molecule has 0 spiro atoms. The van der Waals surface area contributed by atoms with Crippen LogP contribution in [0.25, 0.3) is 5.57 Å². The molecular weight excluding hydrogens is 339 g/mol. The smallest absolute Gasteiger partial charge is 0.382 e. The van der Waals surface area contributed by atoms with Gasteiger partial charge in [0.15, 0.2) is 0 Å². The van der Waals surface area contributed by atoms with E-state index in [1.54, 1.807) is 0 Å². The Morgan fingerprint density at radius 2 is 2.04 bits per heavy atom. The number of nitrogens with zero attached hydrogens (tertiary/aromatic N) is 1. The normalized spacial score (nSPS) is 16.3. The van der Waals surface area contributed by atoms with Gasteiger partial charge in [0.25, 0.3) is 0 Å². The lowest BCUT2D eigenvalue weighted by atomic mass is 9.97. The lowest BCUT2D eigenvalue weighted by Crippen LogP contribution is -2.29. The molecule has 0 saturated heterocycles. The monoisotopic (exact) mass is 361 g/mol. The zero-order chi connectivity index (χ0) is 17.6. The molecule has 0 aromatic heterocycles. The van der Waals surface area contributed by atoms with Crippen LogP contribution in [-0.2, 0) is 10.9 Å². The van der Waals surface area contributed by atoms with Crippen molar-refractivity contribution >= 4 is 17.2 Å². The number of halogens is 4. The first kappa shape index (κ1) is 19.3. The summed E-state index contributed by atoms with van der Waals surface area (Å²) in [5.74, 6) is 0. The highest BCUT2D eigenvalue weighted by atomic mass is 35.5. The molecule has 1 heterocycles. The Morgan fingerprint density at radius 1 is 1.25 bits per heavy atom. The van der Waals surface area contributed by atoms with Crippen molar-refractivity contribution in [2.75, 3.05) is 32.8 Å². The van der Waals surface area contributed by atoms with Crippen LogP contribution in [0.2, 0.25) is 5.02 Å². The van der Waals surface area contributed by atoms with E-state index in [4.69, 9.17) is 16.3 Å². The van der Waals surface area contributed by atoms with Gasteiger partial charge in [-0.1, -0.05) is 17.7 Å². The van der Waals surface area contributed by atoms with Gasteiger partial charge in [-0.15, -0.1) is 0 Å². The summed E-state index contributed by atoms with van der Waals surface area (Å²) >= 11 is 6.11. The largest absolute Gasteiger partial charge is 0.416 e. The fraction of sp³-hybridized carbons (Fsp3) is 0.556. The molecule has 2 rings (SSSR count). The molecule has 134 valence electrons. The first-order valence-corrected chi connectivity index (χ1v) is 8.66. The molecule has 0 N–H and O–H groups in total. The van der Waals surface area contributed by atoms with Gasteiger partial charge in [0.05, 0.1) is 5.56 Å². The predicted octanol–water partition coefficient (Wildman–Crippen LogP) is 5.26. The lowest BCUT2D eigenvalue weighted by molar-refractivity contribution is -0.137. The molecule has 0 fully saturated rings. The summed E-state index contributed by atoms with van der Waals surface area (Å²) < 4.78 is 43.9. The van der Waals surface area contributed by atoms with Gasteiger partial charge >= 0.3 is 6.18 Å². The zero-order valence-electron chi connectivity index (χ0n) is 13.8. The Bertz CT molecular complexity index is 572. The second kappa shape index (κ2) is 8.88. The van der Waals surface area contributed by atoms with Crippen molar-refractivity contribution in [2.45, 2.75) is 32.4 Å². The standard InChI is InChI=1S/C18H23ClF3NO/c1-2-24-12-4-3-9-23-10-7-14(8-11-23)16-13-15(18(20,21)22)5-6-17(16)19/h5-7,13H,2-4,8-12H2,1H3. The minimum atomic E-state index is -4.35. The Labute approximate surface area is 146 Å². The third-order valence-electron chi connectivity index (χ3n) is 4.15. The first-order valence-electron chi connectivity index (χ1n) is 8.28. The highest BCUT2D eigenvalue weighted by molar-refractivity contribution is 6.32. The number of ether oxygens (including phenoxy) is 1. The highest BCUT2D eigenvalue weighted by Crippen LogP contribution is 2.35. The molecule has 0 unspecified atom stereocenters. The van der Waals surface area contributed by atoms with E-state index in [-0.39, 0.29) is 0 Å². The molecule has 1 aliphatic heterocycles. The van der Waals surface area contributed by atoms with Crippen molar-refractivity contribution in [2.24, 2.45) is 0 Å². The molecule has 1 aromatic carbocycles. The van der Waals surface area contributed by atoms with Crippen molar-refractivity contribution in [3.8, 4) is 0 Å². The van der Waals surface area contributed by atoms with E-state index in [2.05, 4.69) is 4.90 Å². The lowest BCUT2D eigenvalue weighted by Gasteiger charge is -2.27. The van der Waals surface area contributed by atoms with Gasteiger partial charge in [-0.3, -0.25) is 4.90 Å². The molecule has 1 aliphatic rings. The Morgan fingerprint density at radius 3 is 2.67 bits per heavy atom. The van der Waals surface area contributed by atoms with Crippen LogP contribution >= 0.6 is 11.6 Å². The topological polar surface area (TPSA) is 12.5 Å². The average molecular weight is 362 g/mol. The SMILES string of the molecule is CCOCCCCN1CC=C(c2cc(C(F)(F)F)ccc2Cl)CC1. The molecule has 1 aromatic rings. The van der Waals surface area contributed by atoms with Crippen molar-refractivity contribution < 1.29 is 17.9 Å². The Balaban J connectivity index is 1.95. The van der Waals surface area contributed by atoms with E-state index in [0.29, 0.717) is 17.0 Å². The van der Waals surface area contributed by atoms with Crippen LogP contribution in [0, 0.1) is 0 Å². The van der Waals surface area contributed by atoms with Gasteiger partial charge in [0, 0.05) is 31.3 Å². The number of unbranched alkanes of at least 4 members (excludes halogenated alkanes) is 1. The van der Waals surface area contributed by atoms with Crippen molar-refractivity contribution in [1.29, 1.82) is 0 Å². The van der Waals surface area contributed by atoms with Gasteiger partial charge in [-0.2, -0.15) is 13.2 Å². The predicted molar refractivity (Wildman–Crippen MR) is 91.2 cm³/mol. The summed E-state index contributed by atoms with van der Waals surface area (Å²) in [6.45, 7) is 6.07. The van der Waals surface area contributed by atoms with Crippen LogP contribution in [0.15, 0.2) is 24.3 Å². The summed E-state index contributed by atoms with van der Waals surface area (Å²) in [6.07, 6.45) is 0.453. The van der Waals surface area contributed by atoms with Crippen molar-refractivity contribution in [3.05, 3.63) is 40.4 Å². The van der Waals surface area contributed by atoms with Crippen LogP contribution in [0.1, 0.15) is 37.3 Å². The third-order valence-corrected chi connectivity index (χ3v) is 4.48. The molecule has 0 atom stereocenters. The summed E-state index contributed by atoms with van der Waals surface area (Å²) in [6, 6.07) is 3.52. The fourth-order valence-electron chi connectivity index (χ4n) is 2.79. The zero-order valence-corrected chi connectivity index (χ0v) is 14.6. The number of benzene rings is 1. The van der Waals surface area contributed by atoms with E-state index >= 15 is 0 Å². The van der Waals surface area contributed by atoms with Crippen LogP contribution < -0.4 is 0 Å². The van der Waals surface area contributed by atoms with Gasteiger partial charge in [-0.05, 0) is 62.1 Å². The second-order valence-electron chi connectivity index (χ2n) is 5.88. The first-order chi connectivity index (χ1) is 11.4. The summed E-state index contributed by atoms with van der Waals surface area (Å²) in [7, 11) is 0. The summed E-state index contributed by atoms with van der Waals surface area (Å²) in [5.41, 5.74) is 0.750. The maximum Gasteiger partial charge on any atom is 0.416 e. The van der Waals surface area contributed by atoms with E-state index in [9.17, 15) is 13.2 Å². The molecule has 0 amide bonds. The highest BCUT2D eigenvalue weighted by Gasteiger charge is 2.31. The Kier molecular flexibility index (Phi) is 7.14. The van der Waals surface area contributed by atoms with Gasteiger partial charge < -0.3 is 4.74 Å². The number of rotatable bonds is 7. The van der Waals surface area contributed by atoms with Gasteiger partial charge in [0.2, 0.25) is 0 Å². The summed E-state index contributed by atoms with van der Waals surface area (Å²) in [5, 5.41) is 0.374. The number of hydrogen-bond acceptors (Lipinski definition) is 2. The second-order valence-corrected chi connectivity index (χ2v) is 6.28. The molecule has 24 heavy (non-hydrogen) atoms. The van der Waals surface area contributed by atoms with Crippen LogP contribution in [0.3, 0.4) is 0 Å². The maximum absolute atomic E-state index is 12.9. The van der Waals surface area contributed by atoms with Gasteiger partial charge in [0.1, 0.15) is 0 Å². The molecular formula is C18H23ClF3NO. The summed E-state index contributed by atoms with van der Waals surface area (Å²) in [4.78, 5) is 2.30. The van der Waals surface area contributed by atoms with Crippen molar-refractivity contribution in [1.82, 2.24) is 4.90 Å².